The number of amides is 1. The van der Waals surface area contributed by atoms with Crippen molar-refractivity contribution in [1.82, 2.24) is 4.98 Å². The van der Waals surface area contributed by atoms with Crippen LogP contribution < -0.4 is 5.32 Å². The van der Waals surface area contributed by atoms with Crippen LogP contribution >= 0.6 is 27.7 Å². The van der Waals surface area contributed by atoms with E-state index in [0.29, 0.717) is 4.91 Å². The van der Waals surface area contributed by atoms with E-state index in [9.17, 15) is 4.79 Å². The summed E-state index contributed by atoms with van der Waals surface area (Å²) >= 11 is 4.85. The highest BCUT2D eigenvalue weighted by Gasteiger charge is 2.20. The first-order valence-corrected chi connectivity index (χ1v) is 6.97. The zero-order chi connectivity index (χ0) is 12.5. The van der Waals surface area contributed by atoms with E-state index in [0.717, 1.165) is 20.7 Å². The number of H-pyrrole nitrogens is 1. The minimum atomic E-state index is -0.0653. The molecule has 1 amide bonds. The van der Waals surface area contributed by atoms with Gasteiger partial charge in [-0.3, -0.25) is 4.79 Å². The molecule has 0 atom stereocenters. The number of fused-ring (bicyclic) bond motifs is 1. The summed E-state index contributed by atoms with van der Waals surface area (Å²) in [5, 5.41) is 2.88. The number of para-hydroxylation sites is 1. The Balaban J connectivity index is 1.96. The van der Waals surface area contributed by atoms with Crippen LogP contribution in [0.15, 0.2) is 50.8 Å². The monoisotopic (exact) mass is 320 g/mol. The van der Waals surface area contributed by atoms with Crippen LogP contribution in [0.5, 0.6) is 0 Å². The van der Waals surface area contributed by atoms with Crippen molar-refractivity contribution in [2.75, 3.05) is 5.32 Å². The molecule has 1 aromatic carbocycles. The molecule has 2 heterocycles. The molecular weight excluding hydrogens is 312 g/mol. The van der Waals surface area contributed by atoms with Crippen LogP contribution in [-0.2, 0) is 4.79 Å². The van der Waals surface area contributed by atoms with Gasteiger partial charge in [-0.25, -0.2) is 0 Å². The predicted octanol–water partition coefficient (Wildman–Crippen LogP) is 3.86. The van der Waals surface area contributed by atoms with Crippen molar-refractivity contribution in [3.05, 3.63) is 51.6 Å². The lowest BCUT2D eigenvalue weighted by Gasteiger charge is -2.17. The molecule has 1 aliphatic rings. The zero-order valence-corrected chi connectivity index (χ0v) is 11.6. The number of halogens is 1. The molecule has 2 aromatic rings. The molecule has 1 aromatic heterocycles. The quantitative estimate of drug-likeness (QED) is 0.783. The van der Waals surface area contributed by atoms with Crippen molar-refractivity contribution in [3.63, 3.8) is 0 Å². The van der Waals surface area contributed by atoms with Crippen molar-refractivity contribution < 1.29 is 4.79 Å². The number of hydrogen-bond donors (Lipinski definition) is 2. The number of carbonyl (C=O) groups is 1. The first-order valence-electron chi connectivity index (χ1n) is 5.36. The van der Waals surface area contributed by atoms with Gasteiger partial charge in [0.25, 0.3) is 5.91 Å². The number of rotatable bonds is 1. The third-order valence-electron chi connectivity index (χ3n) is 2.54. The molecule has 0 bridgehead atoms. The van der Waals surface area contributed by atoms with Gasteiger partial charge in [-0.1, -0.05) is 23.9 Å². The molecular formula is C13H9BrN2OS. The molecule has 0 saturated carbocycles. The molecule has 90 valence electrons. The van der Waals surface area contributed by atoms with Gasteiger partial charge in [0.2, 0.25) is 0 Å². The number of thioether (sulfide) groups is 1. The Morgan fingerprint density at radius 2 is 2.11 bits per heavy atom. The van der Waals surface area contributed by atoms with Crippen LogP contribution in [0.2, 0.25) is 0 Å². The molecule has 0 saturated heterocycles. The Kier molecular flexibility index (Phi) is 3.01. The fourth-order valence-electron chi connectivity index (χ4n) is 1.71. The van der Waals surface area contributed by atoms with Crippen LogP contribution in [-0.4, -0.2) is 10.9 Å². The second kappa shape index (κ2) is 4.66. The Morgan fingerprint density at radius 3 is 2.89 bits per heavy atom. The van der Waals surface area contributed by atoms with Gasteiger partial charge in [0, 0.05) is 21.3 Å². The third-order valence-corrected chi connectivity index (χ3v) is 4.09. The number of benzene rings is 1. The fourth-order valence-corrected chi connectivity index (χ4v) is 3.01. The van der Waals surface area contributed by atoms with Crippen molar-refractivity contribution >= 4 is 45.4 Å². The Hall–Kier alpha value is -1.46. The topological polar surface area (TPSA) is 44.9 Å². The van der Waals surface area contributed by atoms with E-state index in [2.05, 4.69) is 26.2 Å². The van der Waals surface area contributed by atoms with E-state index in [4.69, 9.17) is 0 Å². The molecule has 18 heavy (non-hydrogen) atoms. The van der Waals surface area contributed by atoms with Crippen LogP contribution in [0.4, 0.5) is 5.69 Å². The summed E-state index contributed by atoms with van der Waals surface area (Å²) in [7, 11) is 0. The third kappa shape index (κ3) is 2.23. The second-order valence-electron chi connectivity index (χ2n) is 3.83. The van der Waals surface area contributed by atoms with Gasteiger partial charge in [-0.05, 0) is 40.2 Å². The van der Waals surface area contributed by atoms with Gasteiger partial charge in [0.05, 0.1) is 10.6 Å². The summed E-state index contributed by atoms with van der Waals surface area (Å²) in [4.78, 5) is 16.8. The first-order chi connectivity index (χ1) is 8.72. The largest absolute Gasteiger partial charge is 0.361 e. The highest BCUT2D eigenvalue weighted by atomic mass is 79.9. The Bertz CT molecular complexity index is 648. The van der Waals surface area contributed by atoms with Crippen LogP contribution in [0, 0.1) is 0 Å². The molecule has 0 fully saturated rings. The number of anilines is 1. The lowest BCUT2D eigenvalue weighted by Crippen LogP contribution is -2.17. The first kappa shape index (κ1) is 11.6. The molecule has 0 radical (unpaired) electrons. The molecule has 0 aliphatic carbocycles. The maximum atomic E-state index is 11.9. The zero-order valence-electron chi connectivity index (χ0n) is 9.24. The average molecular weight is 321 g/mol. The van der Waals surface area contributed by atoms with Gasteiger partial charge in [-0.2, -0.15) is 0 Å². The van der Waals surface area contributed by atoms with Crippen molar-refractivity contribution in [3.8, 4) is 0 Å². The highest BCUT2D eigenvalue weighted by molar-refractivity contribution is 9.10. The summed E-state index contributed by atoms with van der Waals surface area (Å²) in [5.74, 6) is -0.0653. The standard InChI is InChI=1S/C13H9BrN2OS/c14-8-5-9(15-7-8)6-12-13(17)16-10-3-1-2-4-11(10)18-12/h1-7,15H,(H,16,17)/b12-6-. The smallest absolute Gasteiger partial charge is 0.262 e. The number of hydrogen-bond acceptors (Lipinski definition) is 2. The summed E-state index contributed by atoms with van der Waals surface area (Å²) in [6.45, 7) is 0. The molecule has 0 unspecified atom stereocenters. The number of aromatic nitrogens is 1. The Labute approximate surface area is 117 Å². The van der Waals surface area contributed by atoms with E-state index < -0.39 is 0 Å². The van der Waals surface area contributed by atoms with E-state index >= 15 is 0 Å². The Morgan fingerprint density at radius 1 is 1.28 bits per heavy atom. The molecule has 3 nitrogen and oxygen atoms in total. The molecule has 2 N–H and O–H groups in total. The number of nitrogens with one attached hydrogen (secondary N) is 2. The summed E-state index contributed by atoms with van der Waals surface area (Å²) in [5.41, 5.74) is 1.77. The van der Waals surface area contributed by atoms with Crippen LogP contribution in [0.3, 0.4) is 0 Å². The maximum Gasteiger partial charge on any atom is 0.262 e. The van der Waals surface area contributed by atoms with Gasteiger partial charge in [0.1, 0.15) is 0 Å². The van der Waals surface area contributed by atoms with Gasteiger partial charge in [0.15, 0.2) is 0 Å². The number of aromatic amines is 1. The van der Waals surface area contributed by atoms with Crippen molar-refractivity contribution in [1.29, 1.82) is 0 Å². The SMILES string of the molecule is O=C1Nc2ccccc2S/C1=C\c1cc(Br)c[nH]1. The van der Waals surface area contributed by atoms with E-state index in [1.165, 1.54) is 11.8 Å². The van der Waals surface area contributed by atoms with Gasteiger partial charge >= 0.3 is 0 Å². The fraction of sp³-hybridized carbons (Fsp3) is 0. The highest BCUT2D eigenvalue weighted by Crippen LogP contribution is 2.38. The average Bonchev–Trinajstić information content (AvgIpc) is 2.76. The van der Waals surface area contributed by atoms with Crippen LogP contribution in [0.25, 0.3) is 6.08 Å². The van der Waals surface area contributed by atoms with Crippen molar-refractivity contribution in [2.24, 2.45) is 0 Å². The molecule has 5 heteroatoms. The second-order valence-corrected chi connectivity index (χ2v) is 5.83. The van der Waals surface area contributed by atoms with Crippen LogP contribution in [0.1, 0.15) is 5.69 Å². The summed E-state index contributed by atoms with van der Waals surface area (Å²) in [6, 6.07) is 9.71. The van der Waals surface area contributed by atoms with Gasteiger partial charge in [-0.15, -0.1) is 0 Å². The van der Waals surface area contributed by atoms with E-state index in [1.807, 2.05) is 42.6 Å². The summed E-state index contributed by atoms with van der Waals surface area (Å²) < 4.78 is 0.968. The predicted molar refractivity (Wildman–Crippen MR) is 77.4 cm³/mol. The minimum Gasteiger partial charge on any atom is -0.361 e. The molecule has 0 spiro atoms. The normalized spacial score (nSPS) is 16.5. The van der Waals surface area contributed by atoms with Gasteiger partial charge < -0.3 is 10.3 Å². The number of carbonyl (C=O) groups excluding carboxylic acids is 1. The molecule has 3 rings (SSSR count). The van der Waals surface area contributed by atoms with Crippen molar-refractivity contribution in [2.45, 2.75) is 4.90 Å². The van der Waals surface area contributed by atoms with E-state index in [-0.39, 0.29) is 5.91 Å². The molecule has 1 aliphatic heterocycles. The lowest BCUT2D eigenvalue weighted by molar-refractivity contribution is -0.112. The summed E-state index contributed by atoms with van der Waals surface area (Å²) in [6.07, 6.45) is 3.69. The maximum absolute atomic E-state index is 11.9. The van der Waals surface area contributed by atoms with E-state index in [1.54, 1.807) is 0 Å². The minimum absolute atomic E-state index is 0.0653. The lowest BCUT2D eigenvalue weighted by atomic mass is 10.3.